The van der Waals surface area contributed by atoms with Gasteiger partial charge in [0.1, 0.15) is 5.60 Å². The lowest BCUT2D eigenvalue weighted by molar-refractivity contribution is -0.245. The van der Waals surface area contributed by atoms with Gasteiger partial charge in [-0.1, -0.05) is 13.5 Å². The van der Waals surface area contributed by atoms with Gasteiger partial charge >= 0.3 is 5.97 Å². The van der Waals surface area contributed by atoms with Crippen molar-refractivity contribution in [3.63, 3.8) is 0 Å². The molecule has 6 atom stereocenters. The zero-order valence-corrected chi connectivity index (χ0v) is 11.5. The van der Waals surface area contributed by atoms with Crippen molar-refractivity contribution >= 4 is 5.97 Å². The average Bonchev–Trinajstić information content (AvgIpc) is 2.56. The van der Waals surface area contributed by atoms with E-state index in [4.69, 9.17) is 14.2 Å². The first kappa shape index (κ1) is 11.9. The summed E-state index contributed by atoms with van der Waals surface area (Å²) in [6.07, 6.45) is 3.47. The first-order valence-corrected chi connectivity index (χ1v) is 7.24. The fourth-order valence-electron chi connectivity index (χ4n) is 4.73. The molecule has 4 heteroatoms. The molecule has 104 valence electrons. The van der Waals surface area contributed by atoms with Gasteiger partial charge in [-0.15, -0.1) is 0 Å². The molecule has 0 aromatic heterocycles. The van der Waals surface area contributed by atoms with Gasteiger partial charge in [-0.05, 0) is 38.0 Å². The molecule has 1 saturated carbocycles. The smallest absolute Gasteiger partial charge is 0.336 e. The Morgan fingerprint density at radius 2 is 2.11 bits per heavy atom. The number of rotatable bonds is 0. The normalized spacial score (nSPS) is 55.7. The molecule has 4 fully saturated rings. The molecule has 3 heterocycles. The third-order valence-corrected chi connectivity index (χ3v) is 5.65. The largest absolute Gasteiger partial charge is 0.429 e. The molecule has 1 aliphatic carbocycles. The van der Waals surface area contributed by atoms with Gasteiger partial charge in [0.25, 0.3) is 0 Å². The molecule has 1 spiro atoms. The van der Waals surface area contributed by atoms with Gasteiger partial charge in [0.05, 0.1) is 0 Å². The van der Waals surface area contributed by atoms with Crippen molar-refractivity contribution in [2.45, 2.75) is 57.2 Å². The van der Waals surface area contributed by atoms with E-state index in [1.54, 1.807) is 0 Å². The van der Waals surface area contributed by atoms with Crippen LogP contribution < -0.4 is 0 Å². The Morgan fingerprint density at radius 3 is 2.89 bits per heavy atom. The van der Waals surface area contributed by atoms with Crippen LogP contribution in [0.5, 0.6) is 0 Å². The maximum atomic E-state index is 12.0. The lowest BCUT2D eigenvalue weighted by Gasteiger charge is -2.54. The Kier molecular flexibility index (Phi) is 2.14. The lowest BCUT2D eigenvalue weighted by atomic mass is 9.58. The van der Waals surface area contributed by atoms with Gasteiger partial charge in [-0.25, -0.2) is 4.79 Å². The van der Waals surface area contributed by atoms with Crippen molar-refractivity contribution in [1.82, 2.24) is 0 Å². The molecule has 3 aliphatic heterocycles. The Labute approximate surface area is 113 Å². The highest BCUT2D eigenvalue weighted by atomic mass is 16.8. The molecule has 0 radical (unpaired) electrons. The third kappa shape index (κ3) is 1.29. The van der Waals surface area contributed by atoms with Crippen LogP contribution in [0.4, 0.5) is 0 Å². The highest BCUT2D eigenvalue weighted by molar-refractivity contribution is 5.90. The molecule has 1 unspecified atom stereocenters. The van der Waals surface area contributed by atoms with Crippen LogP contribution in [0.15, 0.2) is 12.2 Å². The first-order valence-electron chi connectivity index (χ1n) is 7.24. The monoisotopic (exact) mass is 264 g/mol. The fourth-order valence-corrected chi connectivity index (χ4v) is 4.73. The van der Waals surface area contributed by atoms with Crippen molar-refractivity contribution in [3.05, 3.63) is 12.2 Å². The maximum Gasteiger partial charge on any atom is 0.336 e. The molecular weight excluding hydrogens is 244 g/mol. The topological polar surface area (TPSA) is 44.8 Å². The quantitative estimate of drug-likeness (QED) is 0.498. The average molecular weight is 264 g/mol. The minimum atomic E-state index is -0.596. The summed E-state index contributed by atoms with van der Waals surface area (Å²) in [6, 6.07) is 0. The third-order valence-electron chi connectivity index (χ3n) is 5.65. The molecule has 0 amide bonds. The summed E-state index contributed by atoms with van der Waals surface area (Å²) in [4.78, 5) is 12.0. The predicted octanol–water partition coefficient (Wildman–Crippen LogP) is 2.38. The molecule has 4 rings (SSSR count). The summed E-state index contributed by atoms with van der Waals surface area (Å²) >= 11 is 0. The van der Waals surface area contributed by atoms with E-state index < -0.39 is 17.7 Å². The summed E-state index contributed by atoms with van der Waals surface area (Å²) in [7, 11) is 0. The fraction of sp³-hybridized carbons (Fsp3) is 0.800. The van der Waals surface area contributed by atoms with E-state index in [0.717, 1.165) is 25.7 Å². The second-order valence-corrected chi connectivity index (χ2v) is 6.72. The van der Waals surface area contributed by atoms with E-state index in [1.807, 2.05) is 6.92 Å². The molecule has 19 heavy (non-hydrogen) atoms. The Morgan fingerprint density at radius 1 is 1.32 bits per heavy atom. The van der Waals surface area contributed by atoms with E-state index in [0.29, 0.717) is 17.4 Å². The number of hydrogen-bond acceptors (Lipinski definition) is 4. The van der Waals surface area contributed by atoms with Gasteiger partial charge < -0.3 is 14.2 Å². The minimum absolute atomic E-state index is 0.0575. The van der Waals surface area contributed by atoms with Crippen molar-refractivity contribution in [2.75, 3.05) is 0 Å². The molecule has 4 aliphatic rings. The zero-order chi connectivity index (χ0) is 13.4. The van der Waals surface area contributed by atoms with Gasteiger partial charge in [0.2, 0.25) is 6.29 Å². The standard InChI is InChI=1S/C15H20O4/c1-8-4-5-11-9(2)12(16)17-13-15(11)10(8)6-7-14(3,18-13)19-15/h8,10-11,13H,2,4-7H2,1,3H3/t8-,10+,11+,13-,14+,15?/m1/s1. The molecule has 0 N–H and O–H groups in total. The summed E-state index contributed by atoms with van der Waals surface area (Å²) in [5, 5.41) is 0. The van der Waals surface area contributed by atoms with Crippen molar-refractivity contribution < 1.29 is 19.0 Å². The summed E-state index contributed by atoms with van der Waals surface area (Å²) in [5.74, 6) is 0.128. The van der Waals surface area contributed by atoms with E-state index in [2.05, 4.69) is 13.5 Å². The zero-order valence-electron chi connectivity index (χ0n) is 11.5. The molecular formula is C15H20O4. The Hall–Kier alpha value is -0.870. The van der Waals surface area contributed by atoms with Gasteiger partial charge in [0, 0.05) is 17.9 Å². The van der Waals surface area contributed by atoms with Crippen LogP contribution in [-0.2, 0) is 19.0 Å². The molecule has 2 bridgehead atoms. The summed E-state index contributed by atoms with van der Waals surface area (Å²) in [5.41, 5.74) is 0.0956. The van der Waals surface area contributed by atoms with Crippen LogP contribution in [0.1, 0.15) is 39.5 Å². The predicted molar refractivity (Wildman–Crippen MR) is 66.9 cm³/mol. The van der Waals surface area contributed by atoms with Crippen LogP contribution >= 0.6 is 0 Å². The van der Waals surface area contributed by atoms with E-state index in [-0.39, 0.29) is 11.9 Å². The summed E-state index contributed by atoms with van der Waals surface area (Å²) < 4.78 is 17.8. The lowest BCUT2D eigenvalue weighted by Crippen LogP contribution is -2.63. The second kappa shape index (κ2) is 3.41. The highest BCUT2D eigenvalue weighted by Gasteiger charge is 2.71. The first-order chi connectivity index (χ1) is 8.96. The van der Waals surface area contributed by atoms with Gasteiger partial charge in [-0.2, -0.15) is 0 Å². The van der Waals surface area contributed by atoms with E-state index in [9.17, 15) is 4.79 Å². The molecule has 0 aromatic rings. The minimum Gasteiger partial charge on any atom is -0.429 e. The van der Waals surface area contributed by atoms with Gasteiger partial charge in [-0.3, -0.25) is 0 Å². The van der Waals surface area contributed by atoms with Crippen molar-refractivity contribution in [1.29, 1.82) is 0 Å². The van der Waals surface area contributed by atoms with Crippen LogP contribution in [-0.4, -0.2) is 23.6 Å². The van der Waals surface area contributed by atoms with E-state index >= 15 is 0 Å². The number of esters is 1. The Balaban J connectivity index is 1.86. The van der Waals surface area contributed by atoms with Crippen molar-refractivity contribution in [3.8, 4) is 0 Å². The molecule has 3 saturated heterocycles. The van der Waals surface area contributed by atoms with Crippen LogP contribution in [0.2, 0.25) is 0 Å². The number of ether oxygens (including phenoxy) is 3. The SMILES string of the molecule is C=C1C(=O)O[C@@H]2O[C@]3(C)CC[C@H]4[C@H](C)CC[C@@H]1C24O3. The number of carbonyl (C=O) groups is 1. The summed E-state index contributed by atoms with van der Waals surface area (Å²) in [6.45, 7) is 8.19. The number of carbonyl (C=O) groups excluding carboxylic acids is 1. The van der Waals surface area contributed by atoms with E-state index in [1.165, 1.54) is 0 Å². The van der Waals surface area contributed by atoms with Crippen LogP contribution in [0, 0.1) is 17.8 Å². The highest BCUT2D eigenvalue weighted by Crippen LogP contribution is 2.62. The number of fused-ring (bicyclic) bond motifs is 1. The van der Waals surface area contributed by atoms with Crippen molar-refractivity contribution in [2.24, 2.45) is 17.8 Å². The molecule has 4 nitrogen and oxygen atoms in total. The number of hydrogen-bond donors (Lipinski definition) is 0. The van der Waals surface area contributed by atoms with Crippen LogP contribution in [0.3, 0.4) is 0 Å². The van der Waals surface area contributed by atoms with Gasteiger partial charge in [0.15, 0.2) is 5.79 Å². The molecule has 0 aromatic carbocycles. The maximum absolute atomic E-state index is 12.0. The Bertz CT molecular complexity index is 473. The second-order valence-electron chi connectivity index (χ2n) is 6.72. The van der Waals surface area contributed by atoms with Crippen LogP contribution in [0.25, 0.3) is 0 Å².